The Kier molecular flexibility index (Phi) is 2.39. The van der Waals surface area contributed by atoms with E-state index < -0.39 is 0 Å². The first-order chi connectivity index (χ1) is 5.77. The molecule has 0 amide bonds. The van der Waals surface area contributed by atoms with Crippen molar-refractivity contribution in [3.8, 4) is 0 Å². The number of hydrogen-bond donors (Lipinski definition) is 1. The average molecular weight is 245 g/mol. The molecule has 1 unspecified atom stereocenters. The molecule has 0 saturated heterocycles. The Morgan fingerprint density at radius 1 is 1.75 bits per heavy atom. The predicted octanol–water partition coefficient (Wildman–Crippen LogP) is 2.39. The molecule has 0 aromatic carbocycles. The fourth-order valence-corrected chi connectivity index (χ4v) is 2.71. The molecule has 12 heavy (non-hydrogen) atoms. The van der Waals surface area contributed by atoms with Crippen molar-refractivity contribution >= 4 is 27.9 Å². The molecular formula is C8H9BrN2S. The molecule has 1 atom stereocenters. The molecule has 2 heterocycles. The van der Waals surface area contributed by atoms with Gasteiger partial charge in [0.2, 0.25) is 0 Å². The van der Waals surface area contributed by atoms with Gasteiger partial charge in [0, 0.05) is 22.7 Å². The Hall–Kier alpha value is -0.0600. The number of rotatable bonds is 0. The van der Waals surface area contributed by atoms with Crippen molar-refractivity contribution in [1.82, 2.24) is 9.71 Å². The van der Waals surface area contributed by atoms with Gasteiger partial charge < -0.3 is 0 Å². The highest BCUT2D eigenvalue weighted by atomic mass is 79.9. The van der Waals surface area contributed by atoms with Gasteiger partial charge in [-0.15, -0.1) is 0 Å². The van der Waals surface area contributed by atoms with Gasteiger partial charge in [-0.05, 0) is 47.3 Å². The molecule has 0 fully saturated rings. The summed E-state index contributed by atoms with van der Waals surface area (Å²) in [6.45, 7) is 2.18. The lowest BCUT2D eigenvalue weighted by Gasteiger charge is -2.22. The standard InChI is InChI=1S/C8H9BrN2S/c1-5-4-6-7(12-11-5)2-3-10-8(6)9/h2-3,5,11H,4H2,1H3. The number of nitrogens with zero attached hydrogens (tertiary/aromatic N) is 1. The van der Waals surface area contributed by atoms with E-state index in [0.29, 0.717) is 6.04 Å². The molecule has 0 bridgehead atoms. The number of halogens is 1. The van der Waals surface area contributed by atoms with Crippen molar-refractivity contribution in [2.45, 2.75) is 24.3 Å². The highest BCUT2D eigenvalue weighted by Crippen LogP contribution is 2.30. The highest BCUT2D eigenvalue weighted by molar-refractivity contribution is 9.10. The lowest BCUT2D eigenvalue weighted by molar-refractivity contribution is 0.661. The highest BCUT2D eigenvalue weighted by Gasteiger charge is 2.17. The molecule has 2 nitrogen and oxygen atoms in total. The Balaban J connectivity index is 2.43. The Morgan fingerprint density at radius 2 is 2.58 bits per heavy atom. The average Bonchev–Trinajstić information content (AvgIpc) is 2.07. The van der Waals surface area contributed by atoms with Crippen LogP contribution >= 0.6 is 27.9 Å². The summed E-state index contributed by atoms with van der Waals surface area (Å²) in [5.41, 5.74) is 1.33. The van der Waals surface area contributed by atoms with Crippen LogP contribution in [0.15, 0.2) is 21.8 Å². The summed E-state index contributed by atoms with van der Waals surface area (Å²) in [7, 11) is 0. The molecule has 0 spiro atoms. The zero-order valence-corrected chi connectivity index (χ0v) is 9.08. The van der Waals surface area contributed by atoms with E-state index in [1.165, 1.54) is 10.5 Å². The van der Waals surface area contributed by atoms with Crippen LogP contribution in [0.2, 0.25) is 0 Å². The van der Waals surface area contributed by atoms with Crippen LogP contribution in [-0.2, 0) is 6.42 Å². The van der Waals surface area contributed by atoms with Crippen molar-refractivity contribution in [3.05, 3.63) is 22.4 Å². The molecule has 1 aliphatic heterocycles. The second kappa shape index (κ2) is 3.36. The van der Waals surface area contributed by atoms with Crippen molar-refractivity contribution < 1.29 is 0 Å². The summed E-state index contributed by atoms with van der Waals surface area (Å²) in [5.74, 6) is 0. The minimum Gasteiger partial charge on any atom is -0.257 e. The maximum Gasteiger partial charge on any atom is 0.110 e. The summed E-state index contributed by atoms with van der Waals surface area (Å²) in [5, 5.41) is 0. The maximum absolute atomic E-state index is 4.20. The van der Waals surface area contributed by atoms with Gasteiger partial charge in [-0.2, -0.15) is 0 Å². The number of pyridine rings is 1. The SMILES string of the molecule is CC1Cc2c(ccnc2Br)SN1. The van der Waals surface area contributed by atoms with Gasteiger partial charge in [-0.25, -0.2) is 4.98 Å². The molecule has 0 saturated carbocycles. The van der Waals surface area contributed by atoms with Crippen LogP contribution in [0.3, 0.4) is 0 Å². The third kappa shape index (κ3) is 1.51. The van der Waals surface area contributed by atoms with Crippen LogP contribution < -0.4 is 4.72 Å². The van der Waals surface area contributed by atoms with Gasteiger partial charge in [0.1, 0.15) is 4.60 Å². The van der Waals surface area contributed by atoms with E-state index in [4.69, 9.17) is 0 Å². The van der Waals surface area contributed by atoms with Crippen molar-refractivity contribution in [2.75, 3.05) is 0 Å². The minimum absolute atomic E-state index is 0.531. The normalized spacial score (nSPS) is 22.0. The van der Waals surface area contributed by atoms with Crippen LogP contribution in [0.5, 0.6) is 0 Å². The summed E-state index contributed by atoms with van der Waals surface area (Å²) in [6, 6.07) is 2.58. The van der Waals surface area contributed by atoms with E-state index in [1.54, 1.807) is 11.9 Å². The summed E-state index contributed by atoms with van der Waals surface area (Å²) >= 11 is 5.15. The third-order valence-corrected chi connectivity index (χ3v) is 3.65. The van der Waals surface area contributed by atoms with Crippen molar-refractivity contribution in [1.29, 1.82) is 0 Å². The topological polar surface area (TPSA) is 24.9 Å². The molecule has 1 aliphatic rings. The number of fused-ring (bicyclic) bond motifs is 1. The summed E-state index contributed by atoms with van der Waals surface area (Å²) in [4.78, 5) is 5.49. The second-order valence-corrected chi connectivity index (χ2v) is 4.53. The van der Waals surface area contributed by atoms with E-state index in [1.807, 2.05) is 12.3 Å². The van der Waals surface area contributed by atoms with Gasteiger partial charge in [0.15, 0.2) is 0 Å². The van der Waals surface area contributed by atoms with Gasteiger partial charge in [-0.1, -0.05) is 0 Å². The van der Waals surface area contributed by atoms with Gasteiger partial charge in [0.05, 0.1) is 0 Å². The van der Waals surface area contributed by atoms with E-state index in [-0.39, 0.29) is 0 Å². The number of hydrogen-bond acceptors (Lipinski definition) is 3. The fourth-order valence-electron chi connectivity index (χ4n) is 1.24. The van der Waals surface area contributed by atoms with E-state index >= 15 is 0 Å². The first-order valence-electron chi connectivity index (χ1n) is 3.83. The summed E-state index contributed by atoms with van der Waals surface area (Å²) < 4.78 is 4.32. The molecule has 2 rings (SSSR count). The van der Waals surface area contributed by atoms with Gasteiger partial charge >= 0.3 is 0 Å². The van der Waals surface area contributed by atoms with Crippen molar-refractivity contribution in [3.63, 3.8) is 0 Å². The molecule has 0 aliphatic carbocycles. The second-order valence-electron chi connectivity index (χ2n) is 2.90. The molecule has 4 heteroatoms. The lowest BCUT2D eigenvalue weighted by Crippen LogP contribution is -2.26. The Morgan fingerprint density at radius 3 is 3.42 bits per heavy atom. The van der Waals surface area contributed by atoms with E-state index in [2.05, 4.69) is 32.6 Å². The Bertz CT molecular complexity index is 303. The van der Waals surface area contributed by atoms with E-state index in [0.717, 1.165) is 11.0 Å². The van der Waals surface area contributed by atoms with E-state index in [9.17, 15) is 0 Å². The van der Waals surface area contributed by atoms with Crippen LogP contribution in [0.1, 0.15) is 12.5 Å². The summed E-state index contributed by atoms with van der Waals surface area (Å²) in [6.07, 6.45) is 2.88. The molecule has 1 aromatic rings. The third-order valence-electron chi connectivity index (χ3n) is 1.84. The fraction of sp³-hybridized carbons (Fsp3) is 0.375. The number of nitrogens with one attached hydrogen (secondary N) is 1. The maximum atomic E-state index is 4.20. The first kappa shape index (κ1) is 8.53. The van der Waals surface area contributed by atoms with Crippen molar-refractivity contribution in [2.24, 2.45) is 0 Å². The zero-order chi connectivity index (χ0) is 8.55. The molecular weight excluding hydrogens is 236 g/mol. The minimum atomic E-state index is 0.531. The monoisotopic (exact) mass is 244 g/mol. The number of aromatic nitrogens is 1. The molecule has 1 aromatic heterocycles. The Labute approximate surface area is 84.4 Å². The van der Waals surface area contributed by atoms with Crippen LogP contribution in [0, 0.1) is 0 Å². The molecule has 64 valence electrons. The van der Waals surface area contributed by atoms with Gasteiger partial charge in [-0.3, -0.25) is 4.72 Å². The molecule has 0 radical (unpaired) electrons. The first-order valence-corrected chi connectivity index (χ1v) is 5.44. The predicted molar refractivity (Wildman–Crippen MR) is 54.1 cm³/mol. The smallest absolute Gasteiger partial charge is 0.110 e. The lowest BCUT2D eigenvalue weighted by atomic mass is 10.1. The van der Waals surface area contributed by atoms with Crippen LogP contribution in [-0.4, -0.2) is 11.0 Å². The van der Waals surface area contributed by atoms with Crippen LogP contribution in [0.4, 0.5) is 0 Å². The quantitative estimate of drug-likeness (QED) is 0.561. The van der Waals surface area contributed by atoms with Gasteiger partial charge in [0.25, 0.3) is 0 Å². The molecule has 1 N–H and O–H groups in total. The zero-order valence-electron chi connectivity index (χ0n) is 6.67. The largest absolute Gasteiger partial charge is 0.257 e. The van der Waals surface area contributed by atoms with Crippen LogP contribution in [0.25, 0.3) is 0 Å².